The summed E-state index contributed by atoms with van der Waals surface area (Å²) in [5.41, 5.74) is 15.1. The van der Waals surface area contributed by atoms with Gasteiger partial charge in [-0.2, -0.15) is 4.98 Å². The van der Waals surface area contributed by atoms with Crippen LogP contribution in [0.1, 0.15) is 44.0 Å². The normalized spacial score (nSPS) is 11.7. The Morgan fingerprint density at radius 3 is 2.70 bits per heavy atom. The van der Waals surface area contributed by atoms with Crippen LogP contribution in [0.5, 0.6) is 0 Å². The number of aromatic amines is 1. The van der Waals surface area contributed by atoms with Gasteiger partial charge in [-0.3, -0.25) is 9.56 Å². The topological polar surface area (TPSA) is 127 Å². The summed E-state index contributed by atoms with van der Waals surface area (Å²) in [7, 11) is 0. The second-order valence-electron chi connectivity index (χ2n) is 8.58. The number of aryl methyl sites for hydroxylation is 1. The summed E-state index contributed by atoms with van der Waals surface area (Å²) in [5.74, 6) is 0.124. The van der Waals surface area contributed by atoms with Crippen molar-refractivity contribution < 1.29 is 0 Å². The fraction of sp³-hybridized carbons (Fsp3) is 0.409. The molecule has 0 radical (unpaired) electrons. The Bertz CT molecular complexity index is 1110. The van der Waals surface area contributed by atoms with Crippen LogP contribution in [0.15, 0.2) is 40.2 Å². The Labute approximate surface area is 176 Å². The number of hydrogen-bond acceptors (Lipinski definition) is 4. The molecule has 0 unspecified atom stereocenters. The van der Waals surface area contributed by atoms with Crippen molar-refractivity contribution in [2.45, 2.75) is 46.1 Å². The Morgan fingerprint density at radius 2 is 2.03 bits per heavy atom. The van der Waals surface area contributed by atoms with Crippen molar-refractivity contribution in [1.82, 2.24) is 19.9 Å². The zero-order valence-electron chi connectivity index (χ0n) is 18.1. The summed E-state index contributed by atoms with van der Waals surface area (Å²) >= 11 is 0. The summed E-state index contributed by atoms with van der Waals surface area (Å²) in [6.07, 6.45) is 2.72. The van der Waals surface area contributed by atoms with Crippen LogP contribution < -0.4 is 22.5 Å². The van der Waals surface area contributed by atoms with Crippen molar-refractivity contribution in [3.05, 3.63) is 57.8 Å². The molecule has 2 heterocycles. The van der Waals surface area contributed by atoms with E-state index in [0.29, 0.717) is 12.2 Å². The molecule has 6 N–H and O–H groups in total. The second kappa shape index (κ2) is 8.71. The van der Waals surface area contributed by atoms with Gasteiger partial charge in [0.05, 0.1) is 5.69 Å². The van der Waals surface area contributed by atoms with Gasteiger partial charge in [0, 0.05) is 35.8 Å². The summed E-state index contributed by atoms with van der Waals surface area (Å²) in [5, 5.41) is 4.31. The van der Waals surface area contributed by atoms with E-state index >= 15 is 0 Å². The molecule has 0 spiro atoms. The molecule has 30 heavy (non-hydrogen) atoms. The zero-order valence-corrected chi connectivity index (χ0v) is 18.1. The maximum absolute atomic E-state index is 12.6. The number of fused-ring (bicyclic) bond motifs is 1. The van der Waals surface area contributed by atoms with E-state index in [1.807, 2.05) is 31.3 Å². The van der Waals surface area contributed by atoms with Gasteiger partial charge >= 0.3 is 5.69 Å². The Morgan fingerprint density at radius 1 is 1.27 bits per heavy atom. The average Bonchev–Trinajstić information content (AvgIpc) is 3.08. The van der Waals surface area contributed by atoms with Gasteiger partial charge in [0.25, 0.3) is 0 Å². The Balaban J connectivity index is 1.75. The molecule has 160 valence electrons. The van der Waals surface area contributed by atoms with E-state index in [-0.39, 0.29) is 17.1 Å². The predicted octanol–water partition coefficient (Wildman–Crippen LogP) is 2.07. The minimum Gasteiger partial charge on any atom is -0.370 e. The zero-order chi connectivity index (χ0) is 21.9. The monoisotopic (exact) mass is 409 g/mol. The molecular weight excluding hydrogens is 378 g/mol. The fourth-order valence-corrected chi connectivity index (χ4v) is 3.25. The first-order valence-electron chi connectivity index (χ1n) is 10.1. The number of aromatic nitrogens is 3. The molecule has 0 aliphatic rings. The number of guanidine groups is 1. The van der Waals surface area contributed by atoms with Crippen LogP contribution in [0.2, 0.25) is 0 Å². The summed E-state index contributed by atoms with van der Waals surface area (Å²) in [4.78, 5) is 24.1. The molecule has 0 bridgehead atoms. The smallest absolute Gasteiger partial charge is 0.354 e. The number of nitrogens with two attached hydrogens (primary N) is 2. The Kier molecular flexibility index (Phi) is 6.26. The van der Waals surface area contributed by atoms with Gasteiger partial charge in [-0.1, -0.05) is 26.8 Å². The minimum absolute atomic E-state index is 0.0386. The number of aliphatic imine (C=N–C) groups is 1. The molecule has 0 saturated carbocycles. The van der Waals surface area contributed by atoms with Crippen LogP contribution in [0.3, 0.4) is 0 Å². The minimum atomic E-state index is -0.296. The lowest BCUT2D eigenvalue weighted by atomic mass is 9.92. The van der Waals surface area contributed by atoms with Crippen molar-refractivity contribution in [3.63, 3.8) is 0 Å². The van der Waals surface area contributed by atoms with Crippen molar-refractivity contribution in [3.8, 4) is 5.69 Å². The lowest BCUT2D eigenvalue weighted by Gasteiger charge is -2.15. The van der Waals surface area contributed by atoms with Gasteiger partial charge in [-0.15, -0.1) is 0 Å². The van der Waals surface area contributed by atoms with Crippen LogP contribution in [0.4, 0.5) is 0 Å². The number of nitrogens with one attached hydrogen (secondary N) is 2. The van der Waals surface area contributed by atoms with E-state index in [1.54, 1.807) is 4.57 Å². The van der Waals surface area contributed by atoms with E-state index in [4.69, 9.17) is 11.5 Å². The Hall–Kier alpha value is -3.13. The molecule has 0 aliphatic heterocycles. The molecule has 1 aromatic carbocycles. The van der Waals surface area contributed by atoms with E-state index in [1.165, 1.54) is 5.56 Å². The van der Waals surface area contributed by atoms with Crippen molar-refractivity contribution in [2.24, 2.45) is 16.5 Å². The number of hydrogen-bond donors (Lipinski definition) is 4. The van der Waals surface area contributed by atoms with E-state index in [0.717, 1.165) is 41.8 Å². The first-order chi connectivity index (χ1) is 14.1. The first kappa shape index (κ1) is 21.6. The molecule has 0 fully saturated rings. The molecule has 0 amide bonds. The third-order valence-corrected chi connectivity index (χ3v) is 5.04. The lowest BCUT2D eigenvalue weighted by Crippen LogP contribution is -2.23. The second-order valence-corrected chi connectivity index (χ2v) is 8.58. The fourth-order valence-electron chi connectivity index (χ4n) is 3.25. The van der Waals surface area contributed by atoms with E-state index in [9.17, 15) is 4.79 Å². The van der Waals surface area contributed by atoms with Gasteiger partial charge in [0.1, 0.15) is 5.65 Å². The highest BCUT2D eigenvalue weighted by Crippen LogP contribution is 2.24. The van der Waals surface area contributed by atoms with E-state index < -0.39 is 0 Å². The first-order valence-corrected chi connectivity index (χ1v) is 10.1. The van der Waals surface area contributed by atoms with Crippen LogP contribution in [-0.2, 0) is 12.0 Å². The van der Waals surface area contributed by atoms with Crippen LogP contribution in [0, 0.1) is 6.92 Å². The van der Waals surface area contributed by atoms with Crippen molar-refractivity contribution >= 4 is 17.0 Å². The molecular formula is C22H31N7O. The van der Waals surface area contributed by atoms with Crippen LogP contribution >= 0.6 is 0 Å². The largest absolute Gasteiger partial charge is 0.370 e. The third kappa shape index (κ3) is 5.07. The molecule has 3 aromatic rings. The van der Waals surface area contributed by atoms with Crippen molar-refractivity contribution in [1.29, 1.82) is 0 Å². The van der Waals surface area contributed by atoms with Gasteiger partial charge in [-0.05, 0) is 49.2 Å². The molecule has 8 heteroatoms. The number of rotatable bonds is 7. The molecule has 0 aliphatic carbocycles. The number of nitrogens with zero attached hydrogens (tertiary/aromatic N) is 3. The highest BCUT2D eigenvalue weighted by Gasteiger charge is 2.17. The molecule has 0 saturated heterocycles. The molecule has 0 atom stereocenters. The number of H-pyrrole nitrogens is 1. The van der Waals surface area contributed by atoms with Gasteiger partial charge < -0.3 is 21.8 Å². The highest BCUT2D eigenvalue weighted by atomic mass is 16.1. The van der Waals surface area contributed by atoms with Gasteiger partial charge in [-0.25, -0.2) is 4.79 Å². The quantitative estimate of drug-likeness (QED) is 0.270. The van der Waals surface area contributed by atoms with Gasteiger partial charge in [0.15, 0.2) is 5.96 Å². The summed E-state index contributed by atoms with van der Waals surface area (Å²) in [6.45, 7) is 10.6. The molecule has 8 nitrogen and oxygen atoms in total. The maximum Gasteiger partial charge on any atom is 0.354 e. The summed E-state index contributed by atoms with van der Waals surface area (Å²) < 4.78 is 1.60. The molecule has 2 aromatic heterocycles. The van der Waals surface area contributed by atoms with E-state index in [2.05, 4.69) is 47.1 Å². The van der Waals surface area contributed by atoms with Crippen molar-refractivity contribution in [2.75, 3.05) is 13.1 Å². The average molecular weight is 410 g/mol. The third-order valence-electron chi connectivity index (χ3n) is 5.04. The van der Waals surface area contributed by atoms with Gasteiger partial charge in [0.2, 0.25) is 0 Å². The standard InChI is InChI=1S/C22H31N7O/c1-14-10-17(7-6-15(14)12-25-8-5-9-26-20(23)24)29-13-16-11-18(22(2,3)4)27-19(16)28-21(29)30/h6-7,10-11,13,25H,5,8-9,12H2,1-4H3,(H4,23,24,26)(H,27,28,30). The highest BCUT2D eigenvalue weighted by molar-refractivity contribution is 5.76. The maximum atomic E-state index is 12.6. The van der Waals surface area contributed by atoms with Crippen LogP contribution in [-0.4, -0.2) is 33.6 Å². The summed E-state index contributed by atoms with van der Waals surface area (Å²) in [6, 6.07) is 8.08. The lowest BCUT2D eigenvalue weighted by molar-refractivity contribution is 0.574. The number of benzene rings is 1. The van der Waals surface area contributed by atoms with Crippen LogP contribution in [0.25, 0.3) is 16.7 Å². The SMILES string of the molecule is Cc1cc(-n2cc3cc(C(C)(C)C)[nH]c3nc2=O)ccc1CNCCCN=C(N)N. The predicted molar refractivity (Wildman–Crippen MR) is 122 cm³/mol. The molecule has 3 rings (SSSR count).